The number of nitrogens with one attached hydrogen (secondary N) is 2. The number of aromatic nitrogens is 7. The van der Waals surface area contributed by atoms with Crippen molar-refractivity contribution in [2.24, 2.45) is 0 Å². The number of piperidine rings is 1. The monoisotopic (exact) mass is 428 g/mol. The zero-order valence-corrected chi connectivity index (χ0v) is 17.6. The normalized spacial score (nSPS) is 14.5. The molecular weight excluding hydrogens is 407 g/mol. The van der Waals surface area contributed by atoms with E-state index in [-0.39, 0.29) is 5.69 Å². The Bertz CT molecular complexity index is 1450. The van der Waals surface area contributed by atoms with Crippen LogP contribution in [0.15, 0.2) is 36.9 Å². The SMILES string of the molecule is Cc1ccncc1-c1ncc2[nH]nc(-c3nc4c(N5CCCCC5)ccnc4[nH]3)c2c1F. The fourth-order valence-corrected chi connectivity index (χ4v) is 4.45. The second-order valence-electron chi connectivity index (χ2n) is 8.13. The van der Waals surface area contributed by atoms with Crippen molar-refractivity contribution in [3.8, 4) is 22.8 Å². The number of anilines is 1. The van der Waals surface area contributed by atoms with Gasteiger partial charge in [-0.1, -0.05) is 0 Å². The first-order chi connectivity index (χ1) is 15.7. The van der Waals surface area contributed by atoms with Crippen molar-refractivity contribution in [1.29, 1.82) is 0 Å². The van der Waals surface area contributed by atoms with Crippen LogP contribution in [0.4, 0.5) is 10.1 Å². The van der Waals surface area contributed by atoms with Crippen LogP contribution >= 0.6 is 0 Å². The van der Waals surface area contributed by atoms with Gasteiger partial charge in [-0.05, 0) is 43.9 Å². The van der Waals surface area contributed by atoms with E-state index in [9.17, 15) is 0 Å². The number of hydrogen-bond donors (Lipinski definition) is 2. The third-order valence-electron chi connectivity index (χ3n) is 6.12. The van der Waals surface area contributed by atoms with Gasteiger partial charge in [-0.3, -0.25) is 15.1 Å². The number of aromatic amines is 2. The third kappa shape index (κ3) is 2.92. The first-order valence-corrected chi connectivity index (χ1v) is 10.7. The summed E-state index contributed by atoms with van der Waals surface area (Å²) < 4.78 is 15.7. The lowest BCUT2D eigenvalue weighted by Gasteiger charge is -2.28. The molecule has 0 aromatic carbocycles. The van der Waals surface area contributed by atoms with Crippen molar-refractivity contribution in [3.05, 3.63) is 48.3 Å². The average molecular weight is 428 g/mol. The van der Waals surface area contributed by atoms with Crippen molar-refractivity contribution in [3.63, 3.8) is 0 Å². The predicted molar refractivity (Wildman–Crippen MR) is 121 cm³/mol. The first kappa shape index (κ1) is 18.9. The number of nitrogens with zero attached hydrogens (tertiary/aromatic N) is 6. The summed E-state index contributed by atoms with van der Waals surface area (Å²) in [5.41, 5.74) is 5.19. The van der Waals surface area contributed by atoms with Gasteiger partial charge < -0.3 is 9.88 Å². The van der Waals surface area contributed by atoms with Crippen LogP contribution in [0.1, 0.15) is 24.8 Å². The van der Waals surface area contributed by atoms with Crippen LogP contribution in [0.2, 0.25) is 0 Å². The minimum Gasteiger partial charge on any atom is -0.370 e. The topological polar surface area (TPSA) is 99.3 Å². The maximum absolute atomic E-state index is 15.7. The maximum Gasteiger partial charge on any atom is 0.161 e. The molecule has 0 amide bonds. The second-order valence-corrected chi connectivity index (χ2v) is 8.13. The molecule has 1 fully saturated rings. The van der Waals surface area contributed by atoms with Crippen LogP contribution in [0.3, 0.4) is 0 Å². The van der Waals surface area contributed by atoms with E-state index in [2.05, 4.69) is 35.0 Å². The second kappa shape index (κ2) is 7.37. The number of fused-ring (bicyclic) bond motifs is 2. The molecule has 0 saturated carbocycles. The summed E-state index contributed by atoms with van der Waals surface area (Å²) in [7, 11) is 0. The number of halogens is 1. The highest BCUT2D eigenvalue weighted by Crippen LogP contribution is 2.34. The van der Waals surface area contributed by atoms with E-state index in [1.54, 1.807) is 24.8 Å². The Kier molecular flexibility index (Phi) is 4.34. The quantitative estimate of drug-likeness (QED) is 0.442. The van der Waals surface area contributed by atoms with E-state index in [0.29, 0.717) is 33.6 Å². The number of hydrogen-bond acceptors (Lipinski definition) is 6. The molecule has 9 heteroatoms. The molecule has 0 aliphatic carbocycles. The standard InChI is InChI=1S/C23H21FN8/c1-13-5-7-25-11-14(13)19-18(24)17-15(12-27-19)30-31-21(17)23-28-20-16(6-8-26-22(20)29-23)32-9-3-2-4-10-32/h5-8,11-12H,2-4,9-10H2,1H3,(H,30,31)(H,26,28,29). The lowest BCUT2D eigenvalue weighted by atomic mass is 10.1. The van der Waals surface area contributed by atoms with E-state index in [4.69, 9.17) is 4.98 Å². The van der Waals surface area contributed by atoms with Crippen molar-refractivity contribution < 1.29 is 4.39 Å². The largest absolute Gasteiger partial charge is 0.370 e. The van der Waals surface area contributed by atoms with Gasteiger partial charge in [-0.25, -0.2) is 14.4 Å². The van der Waals surface area contributed by atoms with Crippen molar-refractivity contribution in [2.45, 2.75) is 26.2 Å². The Labute approximate surface area is 183 Å². The summed E-state index contributed by atoms with van der Waals surface area (Å²) in [6, 6.07) is 3.83. The van der Waals surface area contributed by atoms with Gasteiger partial charge >= 0.3 is 0 Å². The molecule has 1 saturated heterocycles. The van der Waals surface area contributed by atoms with Crippen LogP contribution in [0.5, 0.6) is 0 Å². The van der Waals surface area contributed by atoms with E-state index in [1.807, 2.05) is 19.1 Å². The van der Waals surface area contributed by atoms with Gasteiger partial charge in [0.25, 0.3) is 0 Å². The summed E-state index contributed by atoms with van der Waals surface area (Å²) in [6.45, 7) is 3.91. The molecule has 5 aromatic heterocycles. The van der Waals surface area contributed by atoms with Gasteiger partial charge in [0.2, 0.25) is 0 Å². The Morgan fingerprint density at radius 1 is 1.00 bits per heavy atom. The summed E-state index contributed by atoms with van der Waals surface area (Å²) in [4.78, 5) is 23.3. The maximum atomic E-state index is 15.7. The Balaban J connectivity index is 1.51. The molecule has 2 N–H and O–H groups in total. The van der Waals surface area contributed by atoms with Crippen LogP contribution in [0.25, 0.3) is 44.8 Å². The number of pyridine rings is 3. The van der Waals surface area contributed by atoms with Gasteiger partial charge in [0.1, 0.15) is 16.9 Å². The zero-order chi connectivity index (χ0) is 21.7. The molecule has 32 heavy (non-hydrogen) atoms. The van der Waals surface area contributed by atoms with Crippen molar-refractivity contribution in [2.75, 3.05) is 18.0 Å². The van der Waals surface area contributed by atoms with E-state index >= 15 is 4.39 Å². The van der Waals surface area contributed by atoms with E-state index in [0.717, 1.165) is 29.9 Å². The number of imidazole rings is 1. The Morgan fingerprint density at radius 3 is 2.72 bits per heavy atom. The summed E-state index contributed by atoms with van der Waals surface area (Å²) in [5.74, 6) is 0.0224. The molecule has 0 atom stereocenters. The van der Waals surface area contributed by atoms with Crippen LogP contribution in [-0.2, 0) is 0 Å². The van der Waals surface area contributed by atoms with Gasteiger partial charge in [0.05, 0.1) is 22.8 Å². The molecule has 1 aliphatic rings. The molecule has 6 heterocycles. The third-order valence-corrected chi connectivity index (χ3v) is 6.12. The summed E-state index contributed by atoms with van der Waals surface area (Å²) in [6.07, 6.45) is 10.3. The van der Waals surface area contributed by atoms with Gasteiger partial charge in [-0.15, -0.1) is 0 Å². The van der Waals surface area contributed by atoms with E-state index in [1.165, 1.54) is 19.3 Å². The van der Waals surface area contributed by atoms with Gasteiger partial charge in [-0.2, -0.15) is 5.10 Å². The number of rotatable bonds is 3. The molecule has 0 unspecified atom stereocenters. The highest BCUT2D eigenvalue weighted by Gasteiger charge is 2.23. The smallest absolute Gasteiger partial charge is 0.161 e. The Morgan fingerprint density at radius 2 is 1.88 bits per heavy atom. The van der Waals surface area contributed by atoms with Gasteiger partial charge in [0.15, 0.2) is 17.3 Å². The summed E-state index contributed by atoms with van der Waals surface area (Å²) >= 11 is 0. The van der Waals surface area contributed by atoms with Crippen molar-refractivity contribution >= 4 is 27.8 Å². The summed E-state index contributed by atoms with van der Waals surface area (Å²) in [5, 5.41) is 7.59. The average Bonchev–Trinajstić information content (AvgIpc) is 3.45. The lowest BCUT2D eigenvalue weighted by Crippen LogP contribution is -2.29. The molecule has 0 bridgehead atoms. The number of aryl methyl sites for hydroxylation is 1. The lowest BCUT2D eigenvalue weighted by molar-refractivity contribution is 0.578. The van der Waals surface area contributed by atoms with Gasteiger partial charge in [0, 0.05) is 37.2 Å². The zero-order valence-electron chi connectivity index (χ0n) is 17.6. The highest BCUT2D eigenvalue weighted by molar-refractivity contribution is 5.96. The van der Waals surface area contributed by atoms with Crippen LogP contribution in [-0.4, -0.2) is 48.2 Å². The van der Waals surface area contributed by atoms with Crippen LogP contribution < -0.4 is 4.90 Å². The fourth-order valence-electron chi connectivity index (χ4n) is 4.45. The molecule has 8 nitrogen and oxygen atoms in total. The molecule has 0 radical (unpaired) electrons. The molecule has 5 aromatic rings. The molecule has 1 aliphatic heterocycles. The Hall–Kier alpha value is -3.88. The first-order valence-electron chi connectivity index (χ1n) is 10.7. The predicted octanol–water partition coefficient (Wildman–Crippen LogP) is 4.40. The van der Waals surface area contributed by atoms with Crippen LogP contribution in [0, 0.1) is 12.7 Å². The molecular formula is C23H21FN8. The highest BCUT2D eigenvalue weighted by atomic mass is 19.1. The minimum absolute atomic E-state index is 0.244. The molecule has 6 rings (SSSR count). The minimum atomic E-state index is -0.452. The molecule has 0 spiro atoms. The molecule has 160 valence electrons. The fraction of sp³-hybridized carbons (Fsp3) is 0.261. The van der Waals surface area contributed by atoms with Crippen molar-refractivity contribution in [1.82, 2.24) is 35.1 Å². The number of H-pyrrole nitrogens is 2. The van der Waals surface area contributed by atoms with E-state index < -0.39 is 5.82 Å².